The third kappa shape index (κ3) is 3.87. The molecule has 0 saturated heterocycles. The van der Waals surface area contributed by atoms with Gasteiger partial charge in [0.2, 0.25) is 0 Å². The summed E-state index contributed by atoms with van der Waals surface area (Å²) in [5.74, 6) is -0.242. The van der Waals surface area contributed by atoms with Crippen molar-refractivity contribution in [3.05, 3.63) is 54.1 Å². The lowest BCUT2D eigenvalue weighted by atomic mass is 10.0. The highest BCUT2D eigenvalue weighted by molar-refractivity contribution is 7.86. The van der Waals surface area contributed by atoms with Crippen molar-refractivity contribution >= 4 is 21.6 Å². The lowest BCUT2D eigenvalue weighted by Gasteiger charge is -2.07. The number of ketones is 1. The van der Waals surface area contributed by atoms with Crippen molar-refractivity contribution in [2.24, 2.45) is 5.16 Å². The monoisotopic (exact) mass is 307 g/mol. The second-order valence-electron chi connectivity index (χ2n) is 4.20. The smallest absolute Gasteiger partial charge is 0.358 e. The number of hydrogen-bond donors (Lipinski definition) is 1. The van der Waals surface area contributed by atoms with Crippen LogP contribution in [-0.4, -0.2) is 31.6 Å². The minimum absolute atomic E-state index is 0.00947. The summed E-state index contributed by atoms with van der Waals surface area (Å²) >= 11 is 0. The minimum atomic E-state index is -3.99. The molecule has 0 spiro atoms. The number of allylic oxidation sites excluding steroid dienone is 3. The maximum Gasteiger partial charge on any atom is 0.358 e. The van der Waals surface area contributed by atoms with Crippen LogP contribution in [0.25, 0.3) is 0 Å². The average Bonchev–Trinajstić information content (AvgIpc) is 2.49. The maximum atomic E-state index is 11.9. The molecule has 1 aliphatic carbocycles. The molecule has 0 aliphatic heterocycles. The van der Waals surface area contributed by atoms with E-state index in [0.717, 1.165) is 0 Å². The predicted molar refractivity (Wildman–Crippen MR) is 76.1 cm³/mol. The highest BCUT2D eigenvalue weighted by Gasteiger charge is 2.16. The van der Waals surface area contributed by atoms with Crippen LogP contribution in [0.3, 0.4) is 0 Å². The number of benzene rings is 1. The van der Waals surface area contributed by atoms with E-state index in [2.05, 4.69) is 9.44 Å². The van der Waals surface area contributed by atoms with Crippen LogP contribution < -0.4 is 0 Å². The third-order valence-corrected chi connectivity index (χ3v) is 3.82. The summed E-state index contributed by atoms with van der Waals surface area (Å²) in [6.07, 6.45) is 4.17. The zero-order valence-electron chi connectivity index (χ0n) is 11.0. The van der Waals surface area contributed by atoms with E-state index in [4.69, 9.17) is 5.11 Å². The molecule has 0 radical (unpaired) electrons. The molecule has 6 nitrogen and oxygen atoms in total. The van der Waals surface area contributed by atoms with E-state index in [0.29, 0.717) is 5.57 Å². The number of hydrogen-bond acceptors (Lipinski definition) is 6. The number of carbonyl (C=O) groups is 1. The molecule has 1 N–H and O–H groups in total. The molecular formula is C14H13NO5S. The summed E-state index contributed by atoms with van der Waals surface area (Å²) in [5.41, 5.74) is 0.539. The Morgan fingerprint density at radius 1 is 1.14 bits per heavy atom. The van der Waals surface area contributed by atoms with Gasteiger partial charge < -0.3 is 5.11 Å². The van der Waals surface area contributed by atoms with Gasteiger partial charge in [-0.3, -0.25) is 9.08 Å². The fraction of sp³-hybridized carbons (Fsp3) is 0.143. The van der Waals surface area contributed by atoms with E-state index >= 15 is 0 Å². The van der Waals surface area contributed by atoms with Gasteiger partial charge in [-0.15, -0.1) is 0 Å². The molecule has 21 heavy (non-hydrogen) atoms. The molecule has 0 unspecified atom stereocenters. The second kappa shape index (κ2) is 6.47. The molecule has 0 saturated carbocycles. The second-order valence-corrected chi connectivity index (χ2v) is 5.73. The fourth-order valence-electron chi connectivity index (χ4n) is 1.66. The Bertz CT molecular complexity index is 717. The van der Waals surface area contributed by atoms with E-state index in [9.17, 15) is 13.2 Å². The van der Waals surface area contributed by atoms with Crippen molar-refractivity contribution in [1.29, 1.82) is 0 Å². The maximum absolute atomic E-state index is 11.9. The minimum Gasteiger partial charge on any atom is -0.396 e. The van der Waals surface area contributed by atoms with Crippen LogP contribution in [0, 0.1) is 0 Å². The Balaban J connectivity index is 2.18. The van der Waals surface area contributed by atoms with Gasteiger partial charge in [-0.05, 0) is 36.8 Å². The number of nitrogens with zero attached hydrogens (tertiary/aromatic N) is 1. The molecule has 0 aromatic heterocycles. The van der Waals surface area contributed by atoms with Crippen molar-refractivity contribution in [3.63, 3.8) is 0 Å². The first-order chi connectivity index (χ1) is 10.0. The zero-order valence-corrected chi connectivity index (χ0v) is 11.8. The number of aliphatic hydroxyl groups excluding tert-OH is 1. The van der Waals surface area contributed by atoms with Gasteiger partial charge in [0.15, 0.2) is 5.78 Å². The summed E-state index contributed by atoms with van der Waals surface area (Å²) in [5, 5.41) is 12.4. The van der Waals surface area contributed by atoms with Crippen LogP contribution in [0.4, 0.5) is 0 Å². The molecule has 0 bridgehead atoms. The first kappa shape index (κ1) is 15.1. The molecule has 110 valence electrons. The summed E-state index contributed by atoms with van der Waals surface area (Å²) < 4.78 is 28.3. The van der Waals surface area contributed by atoms with Gasteiger partial charge >= 0.3 is 10.1 Å². The van der Waals surface area contributed by atoms with Crippen LogP contribution in [0.15, 0.2) is 64.2 Å². The van der Waals surface area contributed by atoms with E-state index in [1.807, 2.05) is 0 Å². The van der Waals surface area contributed by atoms with Gasteiger partial charge in [-0.1, -0.05) is 23.4 Å². The topological polar surface area (TPSA) is 93.0 Å². The molecule has 1 aromatic rings. The molecule has 1 aromatic carbocycles. The average molecular weight is 307 g/mol. The van der Waals surface area contributed by atoms with E-state index in [1.165, 1.54) is 30.4 Å². The van der Waals surface area contributed by atoms with Gasteiger partial charge in [0, 0.05) is 12.2 Å². The van der Waals surface area contributed by atoms with Crippen LogP contribution in [0.2, 0.25) is 0 Å². The highest BCUT2D eigenvalue weighted by Crippen LogP contribution is 2.14. The summed E-state index contributed by atoms with van der Waals surface area (Å²) in [6, 6.07) is 7.61. The molecule has 0 atom stereocenters. The molecule has 0 fully saturated rings. The molecule has 7 heteroatoms. The molecule has 0 amide bonds. The Kier molecular flexibility index (Phi) is 4.66. The fourth-order valence-corrected chi connectivity index (χ4v) is 2.42. The van der Waals surface area contributed by atoms with Crippen LogP contribution >= 0.6 is 0 Å². The van der Waals surface area contributed by atoms with Gasteiger partial charge in [0.1, 0.15) is 10.6 Å². The molecule has 2 rings (SSSR count). The Morgan fingerprint density at radius 3 is 2.52 bits per heavy atom. The first-order valence-corrected chi connectivity index (χ1v) is 7.54. The number of oxime groups is 1. The standard InChI is InChI=1S/C14H13NO5S/c16-9-8-11-10-12(6-7-14(11)17)15-20-21(18,19)13-4-2-1-3-5-13/h1-7,10,16H,8-9H2. The Labute approximate surface area is 122 Å². The van der Waals surface area contributed by atoms with Gasteiger partial charge in [-0.2, -0.15) is 8.42 Å². The van der Waals surface area contributed by atoms with Crippen molar-refractivity contribution in [2.75, 3.05) is 6.61 Å². The van der Waals surface area contributed by atoms with Crippen molar-refractivity contribution in [1.82, 2.24) is 0 Å². The summed E-state index contributed by atoms with van der Waals surface area (Å²) in [4.78, 5) is 11.5. The molecule has 1 aliphatic rings. The van der Waals surface area contributed by atoms with Crippen LogP contribution in [0.1, 0.15) is 6.42 Å². The van der Waals surface area contributed by atoms with E-state index in [1.54, 1.807) is 18.2 Å². The predicted octanol–water partition coefficient (Wildman–Crippen LogP) is 1.20. The van der Waals surface area contributed by atoms with Gasteiger partial charge in [0.25, 0.3) is 0 Å². The molecule has 0 heterocycles. The van der Waals surface area contributed by atoms with Crippen LogP contribution in [-0.2, 0) is 19.2 Å². The Hall–Kier alpha value is -2.25. The highest BCUT2D eigenvalue weighted by atomic mass is 32.2. The SMILES string of the molecule is O=C1C=CC(=NOS(=O)(=O)c2ccccc2)C=C1CCO. The third-order valence-electron chi connectivity index (χ3n) is 2.70. The molecular weight excluding hydrogens is 294 g/mol. The largest absolute Gasteiger partial charge is 0.396 e. The number of aliphatic hydroxyl groups is 1. The van der Waals surface area contributed by atoms with Crippen LogP contribution in [0.5, 0.6) is 0 Å². The number of rotatable bonds is 5. The van der Waals surface area contributed by atoms with Gasteiger partial charge in [-0.25, -0.2) is 0 Å². The quantitative estimate of drug-likeness (QED) is 0.651. The summed E-state index contributed by atoms with van der Waals surface area (Å²) in [6.45, 7) is -0.179. The number of carbonyl (C=O) groups excluding carboxylic acids is 1. The first-order valence-electron chi connectivity index (χ1n) is 6.13. The lowest BCUT2D eigenvalue weighted by Crippen LogP contribution is -2.10. The van der Waals surface area contributed by atoms with E-state index in [-0.39, 0.29) is 29.4 Å². The lowest BCUT2D eigenvalue weighted by molar-refractivity contribution is -0.111. The Morgan fingerprint density at radius 2 is 1.86 bits per heavy atom. The van der Waals surface area contributed by atoms with Gasteiger partial charge in [0.05, 0.1) is 0 Å². The normalized spacial score (nSPS) is 16.9. The van der Waals surface area contributed by atoms with E-state index < -0.39 is 10.1 Å². The zero-order chi connectivity index (χ0) is 15.3. The van der Waals surface area contributed by atoms with Crippen molar-refractivity contribution < 1.29 is 22.6 Å². The summed E-state index contributed by atoms with van der Waals surface area (Å²) in [7, 11) is -3.99. The van der Waals surface area contributed by atoms with Crippen molar-refractivity contribution in [2.45, 2.75) is 11.3 Å². The van der Waals surface area contributed by atoms with Crippen molar-refractivity contribution in [3.8, 4) is 0 Å².